The van der Waals surface area contributed by atoms with Gasteiger partial charge in [-0.2, -0.15) is 22.7 Å². The summed E-state index contributed by atoms with van der Waals surface area (Å²) in [5.74, 6) is -1.20. The lowest BCUT2D eigenvalue weighted by Gasteiger charge is -2.29. The lowest BCUT2D eigenvalue weighted by Crippen LogP contribution is -2.40. The van der Waals surface area contributed by atoms with Gasteiger partial charge in [-0.3, -0.25) is 9.13 Å². The first-order valence-corrected chi connectivity index (χ1v) is 10.1. The number of alkyl halides is 4. The van der Waals surface area contributed by atoms with Gasteiger partial charge in [0.05, 0.1) is 18.8 Å². The van der Waals surface area contributed by atoms with Crippen LogP contribution in [0.5, 0.6) is 5.75 Å². The summed E-state index contributed by atoms with van der Waals surface area (Å²) in [6.45, 7) is -0.572. The van der Waals surface area contributed by atoms with Crippen LogP contribution in [-0.2, 0) is 18.7 Å². The minimum atomic E-state index is -4.66. The molecule has 0 unspecified atom stereocenters. The second kappa shape index (κ2) is 9.33. The minimum Gasteiger partial charge on any atom is -0.428 e. The first kappa shape index (κ1) is 24.1. The maximum atomic E-state index is 14.6. The smallest absolute Gasteiger partial charge is 0.428 e. The molecule has 8 nitrogen and oxygen atoms in total. The van der Waals surface area contributed by atoms with Crippen LogP contribution in [0.25, 0.3) is 5.69 Å². The van der Waals surface area contributed by atoms with Crippen molar-refractivity contribution >= 4 is 0 Å². The number of halogens is 5. The Morgan fingerprint density at radius 1 is 1.03 bits per heavy atom. The Kier molecular flexibility index (Phi) is 6.43. The highest BCUT2D eigenvalue weighted by atomic mass is 19.3. The first-order valence-electron chi connectivity index (χ1n) is 10.1. The summed E-state index contributed by atoms with van der Waals surface area (Å²) >= 11 is 0. The molecule has 0 aliphatic carbocycles. The summed E-state index contributed by atoms with van der Waals surface area (Å²) in [5.41, 5.74) is -2.37. The molecule has 184 valence electrons. The molecule has 1 N–H and O–H groups in total. The summed E-state index contributed by atoms with van der Waals surface area (Å²) in [4.78, 5) is 16.8. The van der Waals surface area contributed by atoms with Gasteiger partial charge in [0.25, 0.3) is 0 Å². The van der Waals surface area contributed by atoms with Crippen molar-refractivity contribution < 1.29 is 31.8 Å². The van der Waals surface area contributed by atoms with Crippen molar-refractivity contribution in [2.75, 3.05) is 0 Å². The van der Waals surface area contributed by atoms with E-state index in [4.69, 9.17) is 0 Å². The molecule has 0 aliphatic heterocycles. The third-order valence-corrected chi connectivity index (χ3v) is 5.17. The van der Waals surface area contributed by atoms with Crippen molar-refractivity contribution in [1.82, 2.24) is 23.9 Å². The summed E-state index contributed by atoms with van der Waals surface area (Å²) < 4.78 is 73.0. The minimum absolute atomic E-state index is 0.0587. The van der Waals surface area contributed by atoms with Gasteiger partial charge in [0.1, 0.15) is 29.8 Å². The van der Waals surface area contributed by atoms with E-state index in [0.29, 0.717) is 0 Å². The number of aromatic nitrogens is 5. The van der Waals surface area contributed by atoms with E-state index >= 15 is 0 Å². The van der Waals surface area contributed by atoms with E-state index in [1.807, 2.05) is 0 Å². The van der Waals surface area contributed by atoms with Crippen LogP contribution in [0.3, 0.4) is 0 Å². The Hall–Kier alpha value is -4.00. The summed E-state index contributed by atoms with van der Waals surface area (Å²) in [7, 11) is 0. The van der Waals surface area contributed by atoms with E-state index in [-0.39, 0.29) is 24.3 Å². The Morgan fingerprint density at radius 2 is 1.74 bits per heavy atom. The maximum Gasteiger partial charge on any atom is 0.461 e. The van der Waals surface area contributed by atoms with E-state index in [1.165, 1.54) is 60.1 Å². The molecule has 2 heterocycles. The van der Waals surface area contributed by atoms with Gasteiger partial charge in [0, 0.05) is 18.0 Å². The van der Waals surface area contributed by atoms with E-state index in [0.717, 1.165) is 21.3 Å². The van der Waals surface area contributed by atoms with Crippen molar-refractivity contribution in [1.29, 1.82) is 0 Å². The van der Waals surface area contributed by atoms with Gasteiger partial charge in [-0.25, -0.2) is 18.9 Å². The number of aliphatic hydroxyl groups is 1. The van der Waals surface area contributed by atoms with Crippen LogP contribution in [0.4, 0.5) is 22.0 Å². The fourth-order valence-corrected chi connectivity index (χ4v) is 3.53. The van der Waals surface area contributed by atoms with E-state index in [2.05, 4.69) is 14.8 Å². The predicted molar refractivity (Wildman–Crippen MR) is 112 cm³/mol. The average molecular weight is 495 g/mol. The molecule has 0 radical (unpaired) electrons. The fraction of sp³-hybridized carbons (Fsp3) is 0.227. The van der Waals surface area contributed by atoms with E-state index in [9.17, 15) is 31.9 Å². The summed E-state index contributed by atoms with van der Waals surface area (Å²) in [6.07, 6.45) is -3.39. The van der Waals surface area contributed by atoms with Crippen molar-refractivity contribution in [3.8, 4) is 11.4 Å². The van der Waals surface area contributed by atoms with Crippen LogP contribution in [0, 0.1) is 5.82 Å². The van der Waals surface area contributed by atoms with E-state index in [1.54, 1.807) is 6.07 Å². The second-order valence-electron chi connectivity index (χ2n) is 7.64. The molecule has 2 aromatic carbocycles. The standard InChI is InChI=1S/C22H18F5N5O3/c23-18-4-2-1-3-17(18)21(34,12-31-14-28-13-29-31)11-30-9-10-32(20(30)33)15-5-7-16(8-6-15)35-22(26,27)19(24)25/h1-10,13-14,19,34H,11-12H2/t21-/m1/s1. The third kappa shape index (κ3) is 5.09. The number of hydrogen-bond acceptors (Lipinski definition) is 5. The molecule has 1 atom stereocenters. The molecule has 0 saturated heterocycles. The lowest BCUT2D eigenvalue weighted by atomic mass is 9.93. The number of imidazole rings is 1. The lowest BCUT2D eigenvalue weighted by molar-refractivity contribution is -0.253. The van der Waals surface area contributed by atoms with Gasteiger partial charge in [0.15, 0.2) is 0 Å². The predicted octanol–water partition coefficient (Wildman–Crippen LogP) is 3.19. The monoisotopic (exact) mass is 495 g/mol. The normalized spacial score (nSPS) is 13.7. The van der Waals surface area contributed by atoms with Crippen LogP contribution in [-0.4, -0.2) is 41.5 Å². The zero-order valence-corrected chi connectivity index (χ0v) is 17.8. The highest BCUT2D eigenvalue weighted by Crippen LogP contribution is 2.29. The molecule has 2 aromatic heterocycles. The second-order valence-corrected chi connectivity index (χ2v) is 7.64. The fourth-order valence-electron chi connectivity index (χ4n) is 3.53. The third-order valence-electron chi connectivity index (χ3n) is 5.17. The Labute approximate surface area is 194 Å². The molecule has 13 heteroatoms. The first-order chi connectivity index (χ1) is 16.6. The Morgan fingerprint density at radius 3 is 2.37 bits per heavy atom. The highest BCUT2D eigenvalue weighted by Gasteiger charge is 2.44. The molecular formula is C22H18F5N5O3. The van der Waals surface area contributed by atoms with Gasteiger partial charge in [-0.05, 0) is 30.3 Å². The molecule has 0 bridgehead atoms. The van der Waals surface area contributed by atoms with Gasteiger partial charge in [-0.1, -0.05) is 18.2 Å². The number of hydrogen-bond donors (Lipinski definition) is 1. The highest BCUT2D eigenvalue weighted by molar-refractivity contribution is 5.37. The number of benzene rings is 2. The topological polar surface area (TPSA) is 87.1 Å². The van der Waals surface area contributed by atoms with Crippen molar-refractivity contribution in [2.45, 2.75) is 31.2 Å². The molecule has 4 aromatic rings. The SMILES string of the molecule is O=c1n(C[C@@](O)(Cn2cncn2)c2ccccc2F)ccn1-c1ccc(OC(F)(F)C(F)F)cc1. The summed E-state index contributed by atoms with van der Waals surface area (Å²) in [5, 5.41) is 15.4. The van der Waals surface area contributed by atoms with Crippen LogP contribution in [0.15, 0.2) is 78.4 Å². The molecule has 35 heavy (non-hydrogen) atoms. The van der Waals surface area contributed by atoms with Crippen LogP contribution >= 0.6 is 0 Å². The van der Waals surface area contributed by atoms with Gasteiger partial charge in [-0.15, -0.1) is 0 Å². The van der Waals surface area contributed by atoms with Gasteiger partial charge in [0.2, 0.25) is 0 Å². The van der Waals surface area contributed by atoms with Crippen LogP contribution in [0.1, 0.15) is 5.56 Å². The molecule has 0 saturated carbocycles. The maximum absolute atomic E-state index is 14.6. The zero-order chi connectivity index (χ0) is 25.2. The zero-order valence-electron chi connectivity index (χ0n) is 17.8. The van der Waals surface area contributed by atoms with E-state index < -0.39 is 35.4 Å². The molecule has 0 aliphatic rings. The van der Waals surface area contributed by atoms with Gasteiger partial charge >= 0.3 is 18.2 Å². The largest absolute Gasteiger partial charge is 0.461 e. The Bertz CT molecular complexity index is 1340. The molecular weight excluding hydrogens is 477 g/mol. The number of rotatable bonds is 9. The van der Waals surface area contributed by atoms with Crippen molar-refractivity contribution in [3.63, 3.8) is 0 Å². The Balaban J connectivity index is 1.62. The average Bonchev–Trinajstić information content (AvgIpc) is 3.44. The van der Waals surface area contributed by atoms with Crippen molar-refractivity contribution in [2.24, 2.45) is 0 Å². The molecule has 4 rings (SSSR count). The molecule has 0 spiro atoms. The van der Waals surface area contributed by atoms with Gasteiger partial charge < -0.3 is 9.84 Å². The van der Waals surface area contributed by atoms with Crippen molar-refractivity contribution in [3.05, 3.63) is 95.4 Å². The van der Waals surface area contributed by atoms with Crippen LogP contribution < -0.4 is 10.4 Å². The quantitative estimate of drug-likeness (QED) is 0.361. The number of nitrogens with zero attached hydrogens (tertiary/aromatic N) is 5. The molecule has 0 fully saturated rings. The van der Waals surface area contributed by atoms with Crippen LogP contribution in [0.2, 0.25) is 0 Å². The summed E-state index contributed by atoms with van der Waals surface area (Å²) in [6, 6.07) is 10.0. The number of ether oxygens (including phenoxy) is 1. The molecule has 0 amide bonds.